The summed E-state index contributed by atoms with van der Waals surface area (Å²) < 4.78 is 0. The van der Waals surface area contributed by atoms with E-state index < -0.39 is 0 Å². The van der Waals surface area contributed by atoms with Gasteiger partial charge in [-0.15, -0.1) is 0 Å². The summed E-state index contributed by atoms with van der Waals surface area (Å²) in [5, 5.41) is 0. The van der Waals surface area contributed by atoms with Crippen LogP contribution in [0.1, 0.15) is 31.2 Å². The quantitative estimate of drug-likeness (QED) is 0.861. The Morgan fingerprint density at radius 2 is 2.00 bits per heavy atom. The van der Waals surface area contributed by atoms with Crippen molar-refractivity contribution in [2.45, 2.75) is 37.1 Å². The lowest BCUT2D eigenvalue weighted by molar-refractivity contribution is -0.134. The monoisotopic (exact) mass is 335 g/mol. The highest BCUT2D eigenvalue weighted by Crippen LogP contribution is 2.49. The number of aromatic nitrogens is 1. The number of piperidine rings is 1. The van der Waals surface area contributed by atoms with Gasteiger partial charge in [0.2, 0.25) is 5.91 Å². The summed E-state index contributed by atoms with van der Waals surface area (Å²) in [7, 11) is 1.98. The van der Waals surface area contributed by atoms with Crippen LogP contribution >= 0.6 is 0 Å². The Morgan fingerprint density at radius 1 is 1.20 bits per heavy atom. The Labute approximate surface area is 149 Å². The number of anilines is 1. The number of hydrogen-bond acceptors (Lipinski definition) is 3. The number of carbonyl (C=O) groups is 1. The van der Waals surface area contributed by atoms with Gasteiger partial charge in [-0.3, -0.25) is 9.78 Å². The molecule has 2 heterocycles. The van der Waals surface area contributed by atoms with Crippen LogP contribution in [-0.2, 0) is 10.2 Å². The zero-order valence-electron chi connectivity index (χ0n) is 14.8. The number of amides is 1. The number of likely N-dealkylation sites (N-methyl/N-ethyl adjacent to an activating group) is 1. The molecule has 1 saturated carbocycles. The van der Waals surface area contributed by atoms with Gasteiger partial charge in [-0.2, -0.15) is 0 Å². The molecule has 0 spiro atoms. The van der Waals surface area contributed by atoms with Crippen LogP contribution in [0, 0.1) is 0 Å². The average molecular weight is 335 g/mol. The number of carbonyl (C=O) groups excluding carboxylic acids is 1. The molecule has 0 N–H and O–H groups in total. The van der Waals surface area contributed by atoms with Crippen LogP contribution in [0.5, 0.6) is 0 Å². The molecule has 4 nitrogen and oxygen atoms in total. The zero-order chi connectivity index (χ0) is 17.3. The summed E-state index contributed by atoms with van der Waals surface area (Å²) >= 11 is 0. The molecule has 2 aliphatic rings. The van der Waals surface area contributed by atoms with E-state index in [-0.39, 0.29) is 17.4 Å². The fraction of sp³-hybridized carbons (Fsp3) is 0.429. The standard InChI is InChI=1S/C21H25N3O/c1-23(20(25)21(11-12-21)17-7-5-13-22-15-17)19-10-6-14-24(16-19)18-8-3-2-4-9-18/h2-5,7-9,13,15,19H,6,10-12,14,16H2,1H3/t19-/m0/s1. The van der Waals surface area contributed by atoms with Crippen LogP contribution in [0.4, 0.5) is 5.69 Å². The van der Waals surface area contributed by atoms with Crippen LogP contribution < -0.4 is 4.90 Å². The van der Waals surface area contributed by atoms with Crippen molar-refractivity contribution in [3.05, 3.63) is 60.4 Å². The van der Waals surface area contributed by atoms with E-state index in [0.29, 0.717) is 0 Å². The molecule has 1 saturated heterocycles. The lowest BCUT2D eigenvalue weighted by Gasteiger charge is -2.40. The highest BCUT2D eigenvalue weighted by molar-refractivity contribution is 5.91. The largest absolute Gasteiger partial charge is 0.369 e. The summed E-state index contributed by atoms with van der Waals surface area (Å²) in [5.74, 6) is 0.264. The van der Waals surface area contributed by atoms with Gasteiger partial charge in [0.05, 0.1) is 5.41 Å². The minimum Gasteiger partial charge on any atom is -0.369 e. The molecule has 1 aliphatic carbocycles. The van der Waals surface area contributed by atoms with Crippen molar-refractivity contribution in [1.82, 2.24) is 9.88 Å². The van der Waals surface area contributed by atoms with Gasteiger partial charge in [-0.05, 0) is 49.4 Å². The summed E-state index contributed by atoms with van der Waals surface area (Å²) in [5.41, 5.74) is 2.00. The molecular weight excluding hydrogens is 310 g/mol. The number of benzene rings is 1. The van der Waals surface area contributed by atoms with E-state index in [9.17, 15) is 4.79 Å². The first-order valence-electron chi connectivity index (χ1n) is 9.18. The van der Waals surface area contributed by atoms with Crippen LogP contribution in [0.3, 0.4) is 0 Å². The lowest BCUT2D eigenvalue weighted by Crippen LogP contribution is -2.51. The maximum absolute atomic E-state index is 13.2. The van der Waals surface area contributed by atoms with E-state index in [1.54, 1.807) is 6.20 Å². The van der Waals surface area contributed by atoms with Crippen molar-refractivity contribution >= 4 is 11.6 Å². The predicted molar refractivity (Wildman–Crippen MR) is 99.6 cm³/mol. The molecule has 1 amide bonds. The molecule has 0 unspecified atom stereocenters. The number of rotatable bonds is 4. The number of para-hydroxylation sites is 1. The molecule has 130 valence electrons. The van der Waals surface area contributed by atoms with Crippen LogP contribution in [-0.4, -0.2) is 42.0 Å². The van der Waals surface area contributed by atoms with E-state index in [1.807, 2.05) is 36.3 Å². The van der Waals surface area contributed by atoms with Gasteiger partial charge >= 0.3 is 0 Å². The van der Waals surface area contributed by atoms with Gasteiger partial charge in [-0.25, -0.2) is 0 Å². The Hall–Kier alpha value is -2.36. The van der Waals surface area contributed by atoms with E-state index >= 15 is 0 Å². The first kappa shape index (κ1) is 16.1. The van der Waals surface area contributed by atoms with Crippen molar-refractivity contribution < 1.29 is 4.79 Å². The molecule has 1 aromatic carbocycles. The number of hydrogen-bond donors (Lipinski definition) is 0. The average Bonchev–Trinajstić information content (AvgIpc) is 3.50. The maximum Gasteiger partial charge on any atom is 0.233 e. The van der Waals surface area contributed by atoms with Crippen molar-refractivity contribution in [3.63, 3.8) is 0 Å². The summed E-state index contributed by atoms with van der Waals surface area (Å²) in [4.78, 5) is 21.9. The SMILES string of the molecule is CN(C(=O)C1(c2cccnc2)CC1)[C@H]1CCCN(c2ccccc2)C1. The molecule has 25 heavy (non-hydrogen) atoms. The molecular formula is C21H25N3O. The van der Waals surface area contributed by atoms with Gasteiger partial charge in [0.15, 0.2) is 0 Å². The lowest BCUT2D eigenvalue weighted by atomic mass is 9.94. The Balaban J connectivity index is 1.49. The Morgan fingerprint density at radius 3 is 2.68 bits per heavy atom. The minimum atomic E-state index is -0.321. The zero-order valence-corrected chi connectivity index (χ0v) is 14.8. The second kappa shape index (κ2) is 6.51. The number of nitrogens with zero attached hydrogens (tertiary/aromatic N) is 3. The molecule has 1 aliphatic heterocycles. The van der Waals surface area contributed by atoms with Gasteiger partial charge < -0.3 is 9.80 Å². The molecule has 4 rings (SSSR count). The van der Waals surface area contributed by atoms with Crippen LogP contribution in [0.2, 0.25) is 0 Å². The topological polar surface area (TPSA) is 36.4 Å². The van der Waals surface area contributed by atoms with Crippen molar-refractivity contribution in [2.24, 2.45) is 0 Å². The third-order valence-corrected chi connectivity index (χ3v) is 5.76. The molecule has 2 aromatic rings. The fourth-order valence-corrected chi connectivity index (χ4v) is 4.04. The molecule has 1 atom stereocenters. The van der Waals surface area contributed by atoms with Gasteiger partial charge in [-0.1, -0.05) is 24.3 Å². The molecule has 2 fully saturated rings. The Bertz CT molecular complexity index is 727. The smallest absolute Gasteiger partial charge is 0.233 e. The van der Waals surface area contributed by atoms with E-state index in [0.717, 1.165) is 44.3 Å². The van der Waals surface area contributed by atoms with Crippen molar-refractivity contribution in [2.75, 3.05) is 25.0 Å². The van der Waals surface area contributed by atoms with Crippen LogP contribution in [0.25, 0.3) is 0 Å². The second-order valence-electron chi connectivity index (χ2n) is 7.32. The van der Waals surface area contributed by atoms with Gasteiger partial charge in [0, 0.05) is 44.3 Å². The van der Waals surface area contributed by atoms with E-state index in [4.69, 9.17) is 0 Å². The van der Waals surface area contributed by atoms with Crippen molar-refractivity contribution in [1.29, 1.82) is 0 Å². The summed E-state index contributed by atoms with van der Waals surface area (Å²) in [6.07, 6.45) is 7.71. The third-order valence-electron chi connectivity index (χ3n) is 5.76. The van der Waals surface area contributed by atoms with E-state index in [1.165, 1.54) is 5.69 Å². The van der Waals surface area contributed by atoms with E-state index in [2.05, 4.69) is 34.1 Å². The summed E-state index contributed by atoms with van der Waals surface area (Å²) in [6, 6.07) is 14.8. The van der Waals surface area contributed by atoms with Gasteiger partial charge in [0.1, 0.15) is 0 Å². The maximum atomic E-state index is 13.2. The second-order valence-corrected chi connectivity index (χ2v) is 7.32. The summed E-state index contributed by atoms with van der Waals surface area (Å²) in [6.45, 7) is 1.98. The highest BCUT2D eigenvalue weighted by atomic mass is 16.2. The molecule has 0 radical (unpaired) electrons. The predicted octanol–water partition coefficient (Wildman–Crippen LogP) is 3.24. The first-order chi connectivity index (χ1) is 12.2. The normalized spacial score (nSPS) is 21.6. The van der Waals surface area contributed by atoms with Crippen LogP contribution in [0.15, 0.2) is 54.9 Å². The highest BCUT2D eigenvalue weighted by Gasteiger charge is 2.53. The molecule has 1 aromatic heterocycles. The molecule has 0 bridgehead atoms. The third kappa shape index (κ3) is 3.01. The fourth-order valence-electron chi connectivity index (χ4n) is 4.04. The Kier molecular flexibility index (Phi) is 4.20. The van der Waals surface area contributed by atoms with Gasteiger partial charge in [0.25, 0.3) is 0 Å². The number of pyridine rings is 1. The minimum absolute atomic E-state index is 0.264. The molecule has 4 heteroatoms. The van der Waals surface area contributed by atoms with Crippen molar-refractivity contribution in [3.8, 4) is 0 Å². The first-order valence-corrected chi connectivity index (χ1v) is 9.18.